The second-order valence-corrected chi connectivity index (χ2v) is 4.96. The summed E-state index contributed by atoms with van der Waals surface area (Å²) in [5.41, 5.74) is 2.77. The summed E-state index contributed by atoms with van der Waals surface area (Å²) < 4.78 is 2.21. The number of aromatic nitrogens is 2. The summed E-state index contributed by atoms with van der Waals surface area (Å²) in [6.07, 6.45) is 4.37. The lowest BCUT2D eigenvalue weighted by molar-refractivity contribution is 0.0955. The van der Waals surface area contributed by atoms with Gasteiger partial charge < -0.3 is 9.88 Å². The van der Waals surface area contributed by atoms with Gasteiger partial charge in [-0.25, -0.2) is 4.98 Å². The molecule has 1 N–H and O–H groups in total. The topological polar surface area (TPSA) is 46.9 Å². The molecule has 1 atom stereocenters. The van der Waals surface area contributed by atoms with Crippen molar-refractivity contribution >= 4 is 16.8 Å². The maximum Gasteiger partial charge on any atom is 0.179 e. The molecule has 1 aromatic heterocycles. The maximum atomic E-state index is 12.1. The van der Waals surface area contributed by atoms with Gasteiger partial charge in [-0.2, -0.15) is 0 Å². The highest BCUT2D eigenvalue weighted by Crippen LogP contribution is 2.37. The lowest BCUT2D eigenvalue weighted by Gasteiger charge is -2.09. The minimum absolute atomic E-state index is 0.111. The fourth-order valence-corrected chi connectivity index (χ4v) is 2.21. The van der Waals surface area contributed by atoms with Gasteiger partial charge in [-0.3, -0.25) is 4.79 Å². The van der Waals surface area contributed by atoms with Gasteiger partial charge in [0.15, 0.2) is 5.78 Å². The van der Waals surface area contributed by atoms with E-state index in [1.54, 1.807) is 7.05 Å². The molecule has 2 aromatic rings. The lowest BCUT2D eigenvalue weighted by atomic mass is 10.1. The van der Waals surface area contributed by atoms with Gasteiger partial charge in [0.1, 0.15) is 0 Å². The fourth-order valence-electron chi connectivity index (χ4n) is 2.21. The van der Waals surface area contributed by atoms with Gasteiger partial charge in [0, 0.05) is 11.6 Å². The third-order valence-electron chi connectivity index (χ3n) is 3.63. The van der Waals surface area contributed by atoms with Gasteiger partial charge in [0.2, 0.25) is 0 Å². The molecule has 0 radical (unpaired) electrons. The van der Waals surface area contributed by atoms with Crippen LogP contribution in [0.2, 0.25) is 0 Å². The number of likely N-dealkylation sites (N-methyl/N-ethyl adjacent to an activating group) is 1. The van der Waals surface area contributed by atoms with E-state index in [4.69, 9.17) is 0 Å². The van der Waals surface area contributed by atoms with Crippen LogP contribution in [0.25, 0.3) is 11.0 Å². The predicted molar refractivity (Wildman–Crippen MR) is 70.9 cm³/mol. The Kier molecular flexibility index (Phi) is 2.67. The second-order valence-electron chi connectivity index (χ2n) is 4.96. The summed E-state index contributed by atoms with van der Waals surface area (Å²) in [6.45, 7) is 1.87. The van der Waals surface area contributed by atoms with Gasteiger partial charge in [-0.15, -0.1) is 0 Å². The van der Waals surface area contributed by atoms with E-state index in [9.17, 15) is 4.79 Å². The Morgan fingerprint density at radius 2 is 2.28 bits per heavy atom. The monoisotopic (exact) mass is 243 g/mol. The smallest absolute Gasteiger partial charge is 0.179 e. The summed E-state index contributed by atoms with van der Waals surface area (Å²) in [5.74, 6) is 0.111. The van der Waals surface area contributed by atoms with Gasteiger partial charge in [0.05, 0.1) is 23.4 Å². The van der Waals surface area contributed by atoms with Gasteiger partial charge in [0.25, 0.3) is 0 Å². The molecule has 18 heavy (non-hydrogen) atoms. The number of benzene rings is 1. The van der Waals surface area contributed by atoms with E-state index in [2.05, 4.69) is 14.9 Å². The standard InChI is InChI=1S/C14H17N3O/c1-9(15-2)14(18)10-3-6-13-12(7-10)16-8-17(13)11-4-5-11/h3,6-9,11,15H,4-5H2,1-2H3. The van der Waals surface area contributed by atoms with E-state index in [-0.39, 0.29) is 11.8 Å². The van der Waals surface area contributed by atoms with E-state index < -0.39 is 0 Å². The first-order valence-electron chi connectivity index (χ1n) is 6.39. The zero-order valence-electron chi connectivity index (χ0n) is 10.7. The van der Waals surface area contributed by atoms with Crippen LogP contribution in [-0.4, -0.2) is 28.4 Å². The molecule has 0 saturated heterocycles. The zero-order valence-corrected chi connectivity index (χ0v) is 10.7. The van der Waals surface area contributed by atoms with E-state index >= 15 is 0 Å². The molecule has 1 fully saturated rings. The van der Waals surface area contributed by atoms with Crippen molar-refractivity contribution in [2.75, 3.05) is 7.05 Å². The van der Waals surface area contributed by atoms with Crippen molar-refractivity contribution in [2.24, 2.45) is 0 Å². The number of ketones is 1. The van der Waals surface area contributed by atoms with Crippen LogP contribution in [0.4, 0.5) is 0 Å². The number of hydrogen-bond acceptors (Lipinski definition) is 3. The van der Waals surface area contributed by atoms with Crippen LogP contribution in [0.15, 0.2) is 24.5 Å². The molecule has 1 aliphatic carbocycles. The first kappa shape index (κ1) is 11.4. The number of carbonyl (C=O) groups is 1. The summed E-state index contributed by atoms with van der Waals surface area (Å²) in [6, 6.07) is 6.26. The molecule has 1 saturated carbocycles. The highest BCUT2D eigenvalue weighted by Gasteiger charge is 2.25. The van der Waals surface area contributed by atoms with Crippen LogP contribution >= 0.6 is 0 Å². The normalized spacial score (nSPS) is 17.0. The number of fused-ring (bicyclic) bond motifs is 1. The van der Waals surface area contributed by atoms with Crippen LogP contribution in [-0.2, 0) is 0 Å². The molecule has 1 aromatic carbocycles. The number of nitrogens with zero attached hydrogens (tertiary/aromatic N) is 2. The van der Waals surface area contributed by atoms with Crippen molar-refractivity contribution < 1.29 is 4.79 Å². The van der Waals surface area contributed by atoms with Crippen LogP contribution in [0, 0.1) is 0 Å². The van der Waals surface area contributed by atoms with E-state index in [0.717, 1.165) is 16.6 Å². The molecule has 1 unspecified atom stereocenters. The second kappa shape index (κ2) is 4.21. The average molecular weight is 243 g/mol. The Morgan fingerprint density at radius 3 is 2.94 bits per heavy atom. The molecule has 0 amide bonds. The van der Waals surface area contributed by atoms with Crippen molar-refractivity contribution in [3.8, 4) is 0 Å². The highest BCUT2D eigenvalue weighted by molar-refractivity contribution is 6.02. The number of rotatable bonds is 4. The molecule has 94 valence electrons. The molecule has 0 bridgehead atoms. The summed E-state index contributed by atoms with van der Waals surface area (Å²) in [7, 11) is 1.79. The fraction of sp³-hybridized carbons (Fsp3) is 0.429. The summed E-state index contributed by atoms with van der Waals surface area (Å²) >= 11 is 0. The maximum absolute atomic E-state index is 12.1. The van der Waals surface area contributed by atoms with Gasteiger partial charge in [-0.05, 0) is 45.0 Å². The number of imidazole rings is 1. The van der Waals surface area contributed by atoms with Crippen molar-refractivity contribution in [1.29, 1.82) is 0 Å². The third-order valence-corrected chi connectivity index (χ3v) is 3.63. The average Bonchev–Trinajstić information content (AvgIpc) is 3.16. The molecule has 1 heterocycles. The molecule has 4 heteroatoms. The minimum atomic E-state index is -0.159. The Hall–Kier alpha value is -1.68. The molecule has 0 aliphatic heterocycles. The van der Waals surface area contributed by atoms with Crippen molar-refractivity contribution in [2.45, 2.75) is 31.8 Å². The lowest BCUT2D eigenvalue weighted by Crippen LogP contribution is -2.30. The Labute approximate surface area is 106 Å². The highest BCUT2D eigenvalue weighted by atomic mass is 16.1. The number of carbonyl (C=O) groups excluding carboxylic acids is 1. The van der Waals surface area contributed by atoms with Crippen molar-refractivity contribution in [3.05, 3.63) is 30.1 Å². The molecule has 3 rings (SSSR count). The molecular formula is C14H17N3O. The van der Waals surface area contributed by atoms with E-state index in [1.165, 1.54) is 12.8 Å². The molecule has 4 nitrogen and oxygen atoms in total. The number of hydrogen-bond donors (Lipinski definition) is 1. The Bertz CT molecular complexity index is 598. The van der Waals surface area contributed by atoms with Crippen molar-refractivity contribution in [3.63, 3.8) is 0 Å². The molecule has 1 aliphatic rings. The first-order valence-corrected chi connectivity index (χ1v) is 6.39. The van der Waals surface area contributed by atoms with Crippen LogP contribution in [0.5, 0.6) is 0 Å². The number of Topliss-reactive ketones (excluding diaryl/α,β-unsaturated/α-hetero) is 1. The van der Waals surface area contributed by atoms with E-state index in [1.807, 2.05) is 31.5 Å². The quantitative estimate of drug-likeness (QED) is 0.837. The third kappa shape index (κ3) is 1.82. The van der Waals surface area contributed by atoms with Crippen LogP contribution in [0.3, 0.4) is 0 Å². The zero-order chi connectivity index (χ0) is 12.7. The Morgan fingerprint density at radius 1 is 1.50 bits per heavy atom. The van der Waals surface area contributed by atoms with E-state index in [0.29, 0.717) is 6.04 Å². The SMILES string of the molecule is CNC(C)C(=O)c1ccc2c(c1)ncn2C1CC1. The van der Waals surface area contributed by atoms with Crippen LogP contribution < -0.4 is 5.32 Å². The molecular weight excluding hydrogens is 226 g/mol. The first-order chi connectivity index (χ1) is 8.70. The molecule has 0 spiro atoms. The predicted octanol–water partition coefficient (Wildman–Crippen LogP) is 2.16. The van der Waals surface area contributed by atoms with Crippen LogP contribution in [0.1, 0.15) is 36.2 Å². The van der Waals surface area contributed by atoms with Gasteiger partial charge in [-0.1, -0.05) is 0 Å². The van der Waals surface area contributed by atoms with Gasteiger partial charge >= 0.3 is 0 Å². The van der Waals surface area contributed by atoms with Crippen molar-refractivity contribution in [1.82, 2.24) is 14.9 Å². The summed E-state index contributed by atoms with van der Waals surface area (Å²) in [5, 5.41) is 2.97. The Balaban J connectivity index is 1.99. The minimum Gasteiger partial charge on any atom is -0.327 e. The number of nitrogens with one attached hydrogen (secondary N) is 1. The summed E-state index contributed by atoms with van der Waals surface area (Å²) in [4.78, 5) is 16.5. The largest absolute Gasteiger partial charge is 0.327 e.